The minimum Gasteiger partial charge on any atom is -0.475 e. The molecule has 2 saturated heterocycles. The van der Waals surface area contributed by atoms with Crippen molar-refractivity contribution in [3.63, 3.8) is 0 Å². The molecule has 1 aromatic rings. The van der Waals surface area contributed by atoms with E-state index in [2.05, 4.69) is 20.2 Å². The maximum Gasteiger partial charge on any atom is 0.417 e. The molecule has 3 rings (SSSR count). The van der Waals surface area contributed by atoms with E-state index in [1.807, 2.05) is 6.92 Å². The molecule has 0 bridgehead atoms. The Bertz CT molecular complexity index is 709. The predicted molar refractivity (Wildman–Crippen MR) is 99.8 cm³/mol. The highest BCUT2D eigenvalue weighted by Gasteiger charge is 2.42. The van der Waals surface area contributed by atoms with E-state index >= 15 is 0 Å². The van der Waals surface area contributed by atoms with Crippen LogP contribution in [0.15, 0.2) is 17.3 Å². The molecule has 10 heteroatoms. The lowest BCUT2D eigenvalue weighted by molar-refractivity contribution is -0.137. The van der Waals surface area contributed by atoms with Gasteiger partial charge in [0.15, 0.2) is 5.96 Å². The molecule has 0 saturated carbocycles. The zero-order chi connectivity index (χ0) is 20.2. The fraction of sp³-hybridized carbons (Fsp3) is 0.667. The molecule has 0 aliphatic carbocycles. The lowest BCUT2D eigenvalue weighted by atomic mass is 9.87. The van der Waals surface area contributed by atoms with Gasteiger partial charge in [0.2, 0.25) is 5.88 Å². The molecule has 6 nitrogen and oxygen atoms in total. The second-order valence-corrected chi connectivity index (χ2v) is 7.47. The van der Waals surface area contributed by atoms with Gasteiger partial charge in [-0.2, -0.15) is 13.2 Å². The van der Waals surface area contributed by atoms with Crippen molar-refractivity contribution in [2.45, 2.75) is 25.9 Å². The summed E-state index contributed by atoms with van der Waals surface area (Å²) in [6.07, 6.45) is -1.62. The number of pyridine rings is 1. The number of nitrogens with zero attached hydrogens (tertiary/aromatic N) is 3. The third kappa shape index (κ3) is 5.00. The first-order valence-electron chi connectivity index (χ1n) is 9.29. The van der Waals surface area contributed by atoms with Crippen LogP contribution in [0.1, 0.15) is 25.3 Å². The topological polar surface area (TPSA) is 59.0 Å². The van der Waals surface area contributed by atoms with Gasteiger partial charge in [-0.05, 0) is 25.8 Å². The van der Waals surface area contributed by atoms with Crippen molar-refractivity contribution in [1.82, 2.24) is 15.2 Å². The minimum atomic E-state index is -4.49. The zero-order valence-corrected chi connectivity index (χ0v) is 16.4. The molecule has 0 amide bonds. The molecule has 2 aliphatic rings. The molecule has 28 heavy (non-hydrogen) atoms. The Morgan fingerprint density at radius 3 is 2.93 bits per heavy atom. The molecule has 2 fully saturated rings. The molecule has 0 radical (unpaired) electrons. The van der Waals surface area contributed by atoms with E-state index in [1.165, 1.54) is 0 Å². The number of guanidine groups is 1. The van der Waals surface area contributed by atoms with Crippen LogP contribution in [0, 0.1) is 5.41 Å². The van der Waals surface area contributed by atoms with E-state index < -0.39 is 11.7 Å². The van der Waals surface area contributed by atoms with Crippen LogP contribution in [0.3, 0.4) is 0 Å². The number of ether oxygens (including phenoxy) is 2. The van der Waals surface area contributed by atoms with E-state index in [4.69, 9.17) is 21.1 Å². The first-order valence-corrected chi connectivity index (χ1v) is 9.67. The summed E-state index contributed by atoms with van der Waals surface area (Å²) in [5, 5.41) is 3.11. The Kier molecular flexibility index (Phi) is 6.54. The van der Waals surface area contributed by atoms with Gasteiger partial charge in [0.25, 0.3) is 0 Å². The van der Waals surface area contributed by atoms with E-state index in [1.54, 1.807) is 0 Å². The van der Waals surface area contributed by atoms with Crippen molar-refractivity contribution in [1.29, 1.82) is 0 Å². The van der Waals surface area contributed by atoms with Crippen LogP contribution in [0.25, 0.3) is 0 Å². The number of aliphatic imine (C=N–C) groups is 1. The number of rotatable bonds is 5. The van der Waals surface area contributed by atoms with Gasteiger partial charge >= 0.3 is 6.18 Å². The van der Waals surface area contributed by atoms with Crippen LogP contribution >= 0.6 is 11.6 Å². The smallest absolute Gasteiger partial charge is 0.417 e. The summed E-state index contributed by atoms with van der Waals surface area (Å²) in [6, 6.07) is 0.810. The summed E-state index contributed by atoms with van der Waals surface area (Å²) in [4.78, 5) is 10.5. The molecule has 156 valence electrons. The average Bonchev–Trinajstić information content (AvgIpc) is 3.28. The van der Waals surface area contributed by atoms with Crippen molar-refractivity contribution >= 4 is 17.6 Å². The highest BCUT2D eigenvalue weighted by molar-refractivity contribution is 6.31. The van der Waals surface area contributed by atoms with Crippen LogP contribution < -0.4 is 10.1 Å². The molecule has 3 heterocycles. The molecule has 0 aromatic carbocycles. The predicted octanol–water partition coefficient (Wildman–Crippen LogP) is 3.21. The molecule has 1 atom stereocenters. The molecule has 2 aliphatic heterocycles. The Morgan fingerprint density at radius 2 is 2.29 bits per heavy atom. The standard InChI is InChI=1S/C18H24ClF3N4O2/c1-2-23-16(26-6-3-17(11-26)4-7-27-12-17)24-5-8-28-15-14(19)9-13(10-25-15)18(20,21)22/h9-10H,2-8,11-12H2,1H3,(H,23,24). The lowest BCUT2D eigenvalue weighted by Gasteiger charge is -2.25. The molecular weight excluding hydrogens is 397 g/mol. The van der Waals surface area contributed by atoms with Crippen molar-refractivity contribution in [2.24, 2.45) is 10.4 Å². The van der Waals surface area contributed by atoms with Crippen molar-refractivity contribution < 1.29 is 22.6 Å². The maximum absolute atomic E-state index is 12.6. The van der Waals surface area contributed by atoms with E-state index in [-0.39, 0.29) is 22.9 Å². The van der Waals surface area contributed by atoms with Gasteiger partial charge in [-0.1, -0.05) is 11.6 Å². The summed E-state index contributed by atoms with van der Waals surface area (Å²) >= 11 is 5.84. The number of hydrogen-bond acceptors (Lipinski definition) is 4. The van der Waals surface area contributed by atoms with Gasteiger partial charge in [0, 0.05) is 37.9 Å². The SMILES string of the molecule is CCNC(=NCCOc1ncc(C(F)(F)F)cc1Cl)N1CCC2(CCOC2)C1. The highest BCUT2D eigenvalue weighted by Crippen LogP contribution is 2.38. The number of halogens is 4. The summed E-state index contributed by atoms with van der Waals surface area (Å²) in [6.45, 7) is 6.68. The van der Waals surface area contributed by atoms with Gasteiger partial charge in [-0.25, -0.2) is 9.98 Å². The van der Waals surface area contributed by atoms with Gasteiger partial charge in [-0.3, -0.25) is 0 Å². The van der Waals surface area contributed by atoms with Gasteiger partial charge in [0.05, 0.1) is 18.7 Å². The summed E-state index contributed by atoms with van der Waals surface area (Å²) in [5.74, 6) is 0.777. The number of hydrogen-bond donors (Lipinski definition) is 1. The molecule has 1 unspecified atom stereocenters. The first kappa shape index (κ1) is 21.0. The summed E-state index contributed by atoms with van der Waals surface area (Å²) in [5.41, 5.74) is -0.680. The third-order valence-electron chi connectivity index (χ3n) is 4.98. The third-order valence-corrected chi connectivity index (χ3v) is 5.25. The van der Waals surface area contributed by atoms with Crippen molar-refractivity contribution in [3.05, 3.63) is 22.8 Å². The summed E-state index contributed by atoms with van der Waals surface area (Å²) in [7, 11) is 0. The number of alkyl halides is 3. The fourth-order valence-electron chi connectivity index (χ4n) is 3.49. The lowest BCUT2D eigenvalue weighted by Crippen LogP contribution is -2.41. The minimum absolute atomic E-state index is 0.0295. The van der Waals surface area contributed by atoms with Crippen molar-refractivity contribution in [2.75, 3.05) is 46.0 Å². The molecular formula is C18H24ClF3N4O2. The second-order valence-electron chi connectivity index (χ2n) is 7.07. The highest BCUT2D eigenvalue weighted by atomic mass is 35.5. The van der Waals surface area contributed by atoms with Crippen LogP contribution in [-0.2, 0) is 10.9 Å². The zero-order valence-electron chi connectivity index (χ0n) is 15.7. The van der Waals surface area contributed by atoms with E-state index in [0.717, 1.165) is 57.7 Å². The normalized spacial score (nSPS) is 22.9. The molecule has 1 spiro atoms. The Morgan fingerprint density at radius 1 is 1.46 bits per heavy atom. The van der Waals surface area contributed by atoms with Gasteiger partial charge in [0.1, 0.15) is 11.6 Å². The first-order chi connectivity index (χ1) is 13.3. The number of aromatic nitrogens is 1. The van der Waals surface area contributed by atoms with Crippen LogP contribution in [0.5, 0.6) is 5.88 Å². The van der Waals surface area contributed by atoms with E-state index in [0.29, 0.717) is 12.7 Å². The molecule has 1 N–H and O–H groups in total. The van der Waals surface area contributed by atoms with E-state index in [9.17, 15) is 13.2 Å². The van der Waals surface area contributed by atoms with Gasteiger partial charge in [-0.15, -0.1) is 0 Å². The monoisotopic (exact) mass is 420 g/mol. The van der Waals surface area contributed by atoms with Crippen LogP contribution in [0.4, 0.5) is 13.2 Å². The molecule has 1 aromatic heterocycles. The Balaban J connectivity index is 1.55. The number of nitrogens with one attached hydrogen (secondary N) is 1. The maximum atomic E-state index is 12.6. The average molecular weight is 421 g/mol. The van der Waals surface area contributed by atoms with Crippen LogP contribution in [-0.4, -0.2) is 61.8 Å². The largest absolute Gasteiger partial charge is 0.475 e. The van der Waals surface area contributed by atoms with Crippen LogP contribution in [0.2, 0.25) is 5.02 Å². The quantitative estimate of drug-likeness (QED) is 0.450. The fourth-order valence-corrected chi connectivity index (χ4v) is 3.71. The van der Waals surface area contributed by atoms with Gasteiger partial charge < -0.3 is 19.7 Å². The Hall–Kier alpha value is -1.74. The second kappa shape index (κ2) is 8.73. The number of likely N-dealkylation sites (tertiary alicyclic amines) is 1. The summed E-state index contributed by atoms with van der Waals surface area (Å²) < 4.78 is 48.9. The van der Waals surface area contributed by atoms with Crippen molar-refractivity contribution in [3.8, 4) is 5.88 Å². The Labute approximate surface area is 167 Å².